The van der Waals surface area contributed by atoms with E-state index in [1.807, 2.05) is 25.3 Å². The number of anilines is 1. The molecule has 0 saturated carbocycles. The Morgan fingerprint density at radius 1 is 1.50 bits per heavy atom. The minimum atomic E-state index is 0.585. The Morgan fingerprint density at radius 2 is 2.39 bits per heavy atom. The summed E-state index contributed by atoms with van der Waals surface area (Å²) in [4.78, 5) is 6.78. The summed E-state index contributed by atoms with van der Waals surface area (Å²) < 4.78 is 5.66. The maximum atomic E-state index is 5.66. The lowest BCUT2D eigenvalue weighted by Crippen LogP contribution is -2.38. The van der Waals surface area contributed by atoms with E-state index in [-0.39, 0.29) is 0 Å². The summed E-state index contributed by atoms with van der Waals surface area (Å²) >= 11 is 0. The van der Waals surface area contributed by atoms with E-state index in [2.05, 4.69) is 22.1 Å². The van der Waals surface area contributed by atoms with Gasteiger partial charge in [0.2, 0.25) is 0 Å². The van der Waals surface area contributed by atoms with E-state index in [0.29, 0.717) is 12.6 Å². The number of likely N-dealkylation sites (N-methyl/N-ethyl adjacent to an activating group) is 1. The number of hydrogen-bond donors (Lipinski definition) is 1. The summed E-state index contributed by atoms with van der Waals surface area (Å²) in [5, 5.41) is 3.53. The maximum Gasteiger partial charge on any atom is 0.171 e. The van der Waals surface area contributed by atoms with Gasteiger partial charge in [-0.2, -0.15) is 0 Å². The van der Waals surface area contributed by atoms with Crippen molar-refractivity contribution in [2.75, 3.05) is 31.1 Å². The fourth-order valence-corrected chi connectivity index (χ4v) is 2.43. The van der Waals surface area contributed by atoms with Gasteiger partial charge >= 0.3 is 0 Å². The average Bonchev–Trinajstić information content (AvgIpc) is 2.90. The summed E-state index contributed by atoms with van der Waals surface area (Å²) in [7, 11) is 0. The molecule has 1 atom stereocenters. The fourth-order valence-electron chi connectivity index (χ4n) is 2.43. The van der Waals surface area contributed by atoms with Crippen LogP contribution in [0, 0.1) is 0 Å². The lowest BCUT2D eigenvalue weighted by atomic mass is 10.2. The molecule has 0 bridgehead atoms. The van der Waals surface area contributed by atoms with E-state index in [9.17, 15) is 0 Å². The van der Waals surface area contributed by atoms with Gasteiger partial charge in [-0.15, -0.1) is 0 Å². The third-order valence-corrected chi connectivity index (χ3v) is 3.34. The van der Waals surface area contributed by atoms with Gasteiger partial charge in [0.05, 0.1) is 6.61 Å². The molecule has 2 heterocycles. The van der Waals surface area contributed by atoms with Crippen LogP contribution in [0.5, 0.6) is 5.75 Å². The van der Waals surface area contributed by atoms with Crippen molar-refractivity contribution < 1.29 is 4.74 Å². The van der Waals surface area contributed by atoms with Crippen LogP contribution in [0.2, 0.25) is 0 Å². The zero-order chi connectivity index (χ0) is 12.8. The smallest absolute Gasteiger partial charge is 0.171 e. The summed E-state index contributed by atoms with van der Waals surface area (Å²) in [6.45, 7) is 7.95. The molecule has 4 heteroatoms. The Kier molecular flexibility index (Phi) is 4.81. The van der Waals surface area contributed by atoms with Gasteiger partial charge in [-0.1, -0.05) is 0 Å². The molecular weight excluding hydrogens is 226 g/mol. The largest absolute Gasteiger partial charge is 0.490 e. The molecule has 0 spiro atoms. The topological polar surface area (TPSA) is 37.4 Å². The van der Waals surface area contributed by atoms with Crippen LogP contribution < -0.4 is 15.0 Å². The highest BCUT2D eigenvalue weighted by Gasteiger charge is 2.19. The highest BCUT2D eigenvalue weighted by Crippen LogP contribution is 2.25. The molecule has 1 unspecified atom stereocenters. The van der Waals surface area contributed by atoms with E-state index < -0.39 is 0 Å². The molecule has 0 amide bonds. The van der Waals surface area contributed by atoms with Crippen molar-refractivity contribution in [2.45, 2.75) is 32.7 Å². The zero-order valence-electron chi connectivity index (χ0n) is 11.4. The Bertz CT molecular complexity index is 364. The normalized spacial score (nSPS) is 18.9. The Balaban J connectivity index is 2.10. The molecule has 1 aromatic heterocycles. The average molecular weight is 249 g/mol. The molecule has 0 aromatic carbocycles. The second kappa shape index (κ2) is 6.59. The number of hydrogen-bond acceptors (Lipinski definition) is 4. The third-order valence-electron chi connectivity index (χ3n) is 3.34. The van der Waals surface area contributed by atoms with Gasteiger partial charge in [0, 0.05) is 25.3 Å². The van der Waals surface area contributed by atoms with Crippen molar-refractivity contribution in [3.8, 4) is 5.75 Å². The van der Waals surface area contributed by atoms with Crippen molar-refractivity contribution in [3.63, 3.8) is 0 Å². The number of ether oxygens (including phenoxy) is 1. The highest BCUT2D eigenvalue weighted by molar-refractivity contribution is 5.52. The summed E-state index contributed by atoms with van der Waals surface area (Å²) in [6, 6.07) is 4.51. The van der Waals surface area contributed by atoms with Crippen molar-refractivity contribution >= 4 is 5.82 Å². The van der Waals surface area contributed by atoms with Crippen LogP contribution in [-0.4, -0.2) is 37.3 Å². The predicted molar refractivity (Wildman–Crippen MR) is 74.3 cm³/mol. The zero-order valence-corrected chi connectivity index (χ0v) is 11.4. The number of nitrogens with zero attached hydrogens (tertiary/aromatic N) is 2. The first-order valence-corrected chi connectivity index (χ1v) is 6.91. The van der Waals surface area contributed by atoms with E-state index in [4.69, 9.17) is 4.74 Å². The van der Waals surface area contributed by atoms with Crippen molar-refractivity contribution in [1.29, 1.82) is 0 Å². The van der Waals surface area contributed by atoms with Gasteiger partial charge in [-0.25, -0.2) is 4.98 Å². The van der Waals surface area contributed by atoms with Gasteiger partial charge in [0.15, 0.2) is 11.6 Å². The van der Waals surface area contributed by atoms with Crippen LogP contribution in [0.3, 0.4) is 0 Å². The molecule has 0 radical (unpaired) electrons. The second-order valence-corrected chi connectivity index (χ2v) is 4.59. The quantitative estimate of drug-likeness (QED) is 0.837. The van der Waals surface area contributed by atoms with Crippen LogP contribution in [0.4, 0.5) is 5.82 Å². The first-order chi connectivity index (χ1) is 8.85. The number of nitrogens with one attached hydrogen (secondary N) is 1. The first-order valence-electron chi connectivity index (χ1n) is 6.91. The van der Waals surface area contributed by atoms with E-state index in [1.54, 1.807) is 0 Å². The van der Waals surface area contributed by atoms with Gasteiger partial charge in [0.1, 0.15) is 0 Å². The van der Waals surface area contributed by atoms with E-state index >= 15 is 0 Å². The highest BCUT2D eigenvalue weighted by atomic mass is 16.5. The van der Waals surface area contributed by atoms with Crippen molar-refractivity contribution in [3.05, 3.63) is 18.3 Å². The molecule has 1 aromatic rings. The number of pyridine rings is 1. The molecule has 4 nitrogen and oxygen atoms in total. The van der Waals surface area contributed by atoms with E-state index in [0.717, 1.165) is 31.2 Å². The summed E-state index contributed by atoms with van der Waals surface area (Å²) in [6.07, 6.45) is 4.37. The molecule has 1 aliphatic rings. The first kappa shape index (κ1) is 13.1. The van der Waals surface area contributed by atoms with Crippen LogP contribution >= 0.6 is 0 Å². The lowest BCUT2D eigenvalue weighted by Gasteiger charge is -2.26. The van der Waals surface area contributed by atoms with Crippen LogP contribution in [0.25, 0.3) is 0 Å². The van der Waals surface area contributed by atoms with Gasteiger partial charge in [0.25, 0.3) is 0 Å². The summed E-state index contributed by atoms with van der Waals surface area (Å²) in [5.41, 5.74) is 0. The molecule has 1 saturated heterocycles. The fraction of sp³-hybridized carbons (Fsp3) is 0.643. The molecule has 0 aliphatic carbocycles. The molecule has 2 rings (SSSR count). The summed E-state index contributed by atoms with van der Waals surface area (Å²) in [5.74, 6) is 1.86. The lowest BCUT2D eigenvalue weighted by molar-refractivity contribution is 0.338. The third kappa shape index (κ3) is 3.13. The van der Waals surface area contributed by atoms with Crippen LogP contribution in [0.1, 0.15) is 26.7 Å². The van der Waals surface area contributed by atoms with Crippen LogP contribution in [-0.2, 0) is 0 Å². The monoisotopic (exact) mass is 249 g/mol. The molecule has 1 aliphatic heterocycles. The molecule has 1 N–H and O–H groups in total. The van der Waals surface area contributed by atoms with Crippen molar-refractivity contribution in [1.82, 2.24) is 10.3 Å². The SMILES string of the molecule is CCOc1cccnc1N(CC)CC1CCCN1. The standard InChI is InChI=1S/C14H23N3O/c1-3-17(11-12-7-5-9-15-12)14-13(18-4-2)8-6-10-16-14/h6,8,10,12,15H,3-5,7,9,11H2,1-2H3. The number of rotatable bonds is 6. The van der Waals surface area contributed by atoms with Gasteiger partial charge in [-0.3, -0.25) is 0 Å². The van der Waals surface area contributed by atoms with Crippen molar-refractivity contribution in [2.24, 2.45) is 0 Å². The van der Waals surface area contributed by atoms with E-state index in [1.165, 1.54) is 12.8 Å². The second-order valence-electron chi connectivity index (χ2n) is 4.59. The number of aromatic nitrogens is 1. The Hall–Kier alpha value is -1.29. The van der Waals surface area contributed by atoms with Gasteiger partial charge in [-0.05, 0) is 45.4 Å². The predicted octanol–water partition coefficient (Wildman–Crippen LogP) is 2.06. The maximum absolute atomic E-state index is 5.66. The Labute approximate surface area is 109 Å². The molecule has 100 valence electrons. The van der Waals surface area contributed by atoms with Crippen LogP contribution in [0.15, 0.2) is 18.3 Å². The Morgan fingerprint density at radius 3 is 3.06 bits per heavy atom. The molecule has 1 fully saturated rings. The minimum absolute atomic E-state index is 0.585. The van der Waals surface area contributed by atoms with Gasteiger partial charge < -0.3 is 15.0 Å². The molecular formula is C14H23N3O. The minimum Gasteiger partial charge on any atom is -0.490 e. The molecule has 18 heavy (non-hydrogen) atoms.